The predicted molar refractivity (Wildman–Crippen MR) is 77.7 cm³/mol. The lowest BCUT2D eigenvalue weighted by Gasteiger charge is -2.24. The maximum absolute atomic E-state index is 10.2. The van der Waals surface area contributed by atoms with Crippen molar-refractivity contribution in [3.8, 4) is 0 Å². The van der Waals surface area contributed by atoms with E-state index in [1.807, 2.05) is 0 Å². The van der Waals surface area contributed by atoms with Gasteiger partial charge in [-0.3, -0.25) is 4.68 Å². The average molecular weight is 278 g/mol. The molecule has 2 heterocycles. The zero-order valence-electron chi connectivity index (χ0n) is 12.2. The molecule has 1 saturated carbocycles. The van der Waals surface area contributed by atoms with Crippen LogP contribution in [0.2, 0.25) is 0 Å². The van der Waals surface area contributed by atoms with E-state index in [0.717, 1.165) is 25.1 Å². The van der Waals surface area contributed by atoms with Gasteiger partial charge in [0.2, 0.25) is 0 Å². The highest BCUT2D eigenvalue weighted by Crippen LogP contribution is 2.28. The van der Waals surface area contributed by atoms with Crippen LogP contribution in [0.4, 0.5) is 0 Å². The van der Waals surface area contributed by atoms with Crippen LogP contribution in [0.5, 0.6) is 0 Å². The van der Waals surface area contributed by atoms with Crippen LogP contribution in [-0.2, 0) is 11.2 Å². The van der Waals surface area contributed by atoms with E-state index in [-0.39, 0.29) is 12.2 Å². The molecule has 1 aromatic rings. The first kappa shape index (κ1) is 14.1. The Balaban J connectivity index is 1.49. The predicted octanol–water partition coefficient (Wildman–Crippen LogP) is 2.86. The fourth-order valence-corrected chi connectivity index (χ4v) is 3.48. The highest BCUT2D eigenvalue weighted by atomic mass is 16.5. The Morgan fingerprint density at radius 2 is 2.05 bits per heavy atom. The van der Waals surface area contributed by atoms with Gasteiger partial charge in [-0.1, -0.05) is 12.8 Å². The minimum absolute atomic E-state index is 0.246. The molecule has 0 spiro atoms. The molecule has 1 aliphatic heterocycles. The molecule has 20 heavy (non-hydrogen) atoms. The quantitative estimate of drug-likeness (QED) is 0.901. The van der Waals surface area contributed by atoms with Gasteiger partial charge in [0.1, 0.15) is 0 Å². The summed E-state index contributed by atoms with van der Waals surface area (Å²) in [7, 11) is 0. The van der Waals surface area contributed by atoms with Crippen LogP contribution in [0.3, 0.4) is 0 Å². The minimum Gasteiger partial charge on any atom is -0.393 e. The molecule has 0 radical (unpaired) electrons. The van der Waals surface area contributed by atoms with Crippen LogP contribution < -0.4 is 0 Å². The number of hydrogen-bond acceptors (Lipinski definition) is 3. The molecule has 2 atom stereocenters. The van der Waals surface area contributed by atoms with Gasteiger partial charge in [-0.25, -0.2) is 0 Å². The maximum Gasteiger partial charge on any atom is 0.0650 e. The Morgan fingerprint density at radius 3 is 2.80 bits per heavy atom. The summed E-state index contributed by atoms with van der Waals surface area (Å²) in [5.74, 6) is 0. The molecular formula is C16H26N2O2. The molecule has 1 N–H and O–H groups in total. The molecule has 1 aliphatic carbocycles. The van der Waals surface area contributed by atoms with Crippen LogP contribution in [0.15, 0.2) is 12.3 Å². The summed E-state index contributed by atoms with van der Waals surface area (Å²) < 4.78 is 7.79. The Labute approximate surface area is 121 Å². The van der Waals surface area contributed by atoms with E-state index in [2.05, 4.69) is 22.0 Å². The monoisotopic (exact) mass is 278 g/mol. The first-order valence-corrected chi connectivity index (χ1v) is 8.15. The maximum atomic E-state index is 10.2. The molecule has 1 aromatic heterocycles. The van der Waals surface area contributed by atoms with Gasteiger partial charge >= 0.3 is 0 Å². The second-order valence-corrected chi connectivity index (χ2v) is 6.31. The Hall–Kier alpha value is -0.870. The van der Waals surface area contributed by atoms with Gasteiger partial charge in [-0.2, -0.15) is 5.10 Å². The molecular weight excluding hydrogens is 252 g/mol. The second-order valence-electron chi connectivity index (χ2n) is 6.31. The molecule has 112 valence electrons. The first-order chi connectivity index (χ1) is 9.81. The van der Waals surface area contributed by atoms with Gasteiger partial charge < -0.3 is 9.84 Å². The summed E-state index contributed by atoms with van der Waals surface area (Å²) in [6, 6.07) is 2.64. The number of aliphatic hydroxyl groups is 1. The number of ether oxygens (including phenoxy) is 1. The largest absolute Gasteiger partial charge is 0.393 e. The van der Waals surface area contributed by atoms with Crippen molar-refractivity contribution in [1.29, 1.82) is 0 Å². The molecule has 2 aliphatic rings. The zero-order valence-corrected chi connectivity index (χ0v) is 12.2. The SMILES string of the molecule is OC(Cc1ccn(C2CCCC2)n1)CC1CCCCO1. The highest BCUT2D eigenvalue weighted by Gasteiger charge is 2.20. The summed E-state index contributed by atoms with van der Waals surface area (Å²) in [5.41, 5.74) is 1.01. The molecule has 0 aromatic carbocycles. The lowest BCUT2D eigenvalue weighted by atomic mass is 10.0. The van der Waals surface area contributed by atoms with E-state index < -0.39 is 0 Å². The molecule has 1 saturated heterocycles. The zero-order chi connectivity index (χ0) is 13.8. The Kier molecular flexibility index (Phi) is 4.73. The summed E-state index contributed by atoms with van der Waals surface area (Å²) >= 11 is 0. The normalized spacial score (nSPS) is 25.9. The number of aliphatic hydroxyl groups excluding tert-OH is 1. The number of aromatic nitrogens is 2. The number of hydrogen-bond donors (Lipinski definition) is 1. The van der Waals surface area contributed by atoms with Gasteiger partial charge in [-0.05, 0) is 44.6 Å². The van der Waals surface area contributed by atoms with E-state index in [9.17, 15) is 5.11 Å². The van der Waals surface area contributed by atoms with Crippen molar-refractivity contribution in [3.05, 3.63) is 18.0 Å². The van der Waals surface area contributed by atoms with E-state index in [1.54, 1.807) is 0 Å². The third kappa shape index (κ3) is 3.61. The third-order valence-electron chi connectivity index (χ3n) is 4.62. The lowest BCUT2D eigenvalue weighted by molar-refractivity contribution is -0.0149. The molecule has 2 fully saturated rings. The molecule has 0 bridgehead atoms. The van der Waals surface area contributed by atoms with E-state index in [4.69, 9.17) is 4.74 Å². The summed E-state index contributed by atoms with van der Waals surface area (Å²) in [4.78, 5) is 0. The van der Waals surface area contributed by atoms with Crippen molar-refractivity contribution >= 4 is 0 Å². The first-order valence-electron chi connectivity index (χ1n) is 8.15. The molecule has 4 heteroatoms. The van der Waals surface area contributed by atoms with Crippen LogP contribution in [0.25, 0.3) is 0 Å². The van der Waals surface area contributed by atoms with Gasteiger partial charge in [0.25, 0.3) is 0 Å². The van der Waals surface area contributed by atoms with E-state index >= 15 is 0 Å². The van der Waals surface area contributed by atoms with E-state index in [1.165, 1.54) is 38.5 Å². The van der Waals surface area contributed by atoms with Crippen molar-refractivity contribution in [3.63, 3.8) is 0 Å². The fourth-order valence-electron chi connectivity index (χ4n) is 3.48. The van der Waals surface area contributed by atoms with Crippen LogP contribution >= 0.6 is 0 Å². The van der Waals surface area contributed by atoms with Gasteiger partial charge in [0, 0.05) is 19.2 Å². The molecule has 0 amide bonds. The topological polar surface area (TPSA) is 47.3 Å². The van der Waals surface area contributed by atoms with Crippen LogP contribution in [0, 0.1) is 0 Å². The van der Waals surface area contributed by atoms with Crippen LogP contribution in [-0.4, -0.2) is 33.7 Å². The van der Waals surface area contributed by atoms with Crippen molar-refractivity contribution < 1.29 is 9.84 Å². The number of nitrogens with zero attached hydrogens (tertiary/aromatic N) is 2. The van der Waals surface area contributed by atoms with Crippen molar-refractivity contribution in [1.82, 2.24) is 9.78 Å². The summed E-state index contributed by atoms with van der Waals surface area (Å²) in [6.45, 7) is 0.855. The molecule has 3 rings (SSSR count). The van der Waals surface area contributed by atoms with Crippen LogP contribution in [0.1, 0.15) is 63.1 Å². The Bertz CT molecular complexity index is 406. The Morgan fingerprint density at radius 1 is 1.25 bits per heavy atom. The van der Waals surface area contributed by atoms with Crippen molar-refractivity contribution in [2.45, 2.75) is 76.0 Å². The molecule has 2 unspecified atom stereocenters. The third-order valence-corrected chi connectivity index (χ3v) is 4.62. The average Bonchev–Trinajstić information content (AvgIpc) is 3.10. The van der Waals surface area contributed by atoms with Gasteiger partial charge in [-0.15, -0.1) is 0 Å². The minimum atomic E-state index is -0.329. The lowest BCUT2D eigenvalue weighted by Crippen LogP contribution is -2.25. The summed E-state index contributed by atoms with van der Waals surface area (Å²) in [5, 5.41) is 14.8. The standard InChI is InChI=1S/C16H26N2O2/c19-15(12-16-7-3-4-10-20-16)11-13-8-9-18(17-13)14-5-1-2-6-14/h8-9,14-16,19H,1-7,10-12H2. The van der Waals surface area contributed by atoms with Gasteiger partial charge in [0.15, 0.2) is 0 Å². The van der Waals surface area contributed by atoms with Crippen molar-refractivity contribution in [2.24, 2.45) is 0 Å². The highest BCUT2D eigenvalue weighted by molar-refractivity contribution is 5.02. The van der Waals surface area contributed by atoms with E-state index in [0.29, 0.717) is 12.5 Å². The number of rotatable bonds is 5. The molecule has 4 nitrogen and oxygen atoms in total. The smallest absolute Gasteiger partial charge is 0.0650 e. The fraction of sp³-hybridized carbons (Fsp3) is 0.812. The van der Waals surface area contributed by atoms with Crippen molar-refractivity contribution in [2.75, 3.05) is 6.61 Å². The van der Waals surface area contributed by atoms with Gasteiger partial charge in [0.05, 0.1) is 23.9 Å². The summed E-state index contributed by atoms with van der Waals surface area (Å²) in [6.07, 6.45) is 12.0. The second kappa shape index (κ2) is 6.72.